The Kier molecular flexibility index (Phi) is 7.29. The van der Waals surface area contributed by atoms with E-state index in [1.165, 1.54) is 0 Å². The van der Waals surface area contributed by atoms with E-state index in [2.05, 4.69) is 72.8 Å². The second-order valence-electron chi connectivity index (χ2n) is 8.73. The standard InChI is InChI=1S/C24H31N7O2/c1-3-4-21(24(32)33)22(23-26-28-29-27-23)13-17-5-7-18(8-6-17)19-14-20(16-25-15-19)31-11-9-30(2)10-12-31/h5-8,14-16,21-22H,3-4,9-13H2,1-2H3,(H,32,33)(H,26,27,28,29)/t21-,22-/m0/s1. The molecular weight excluding hydrogens is 418 g/mol. The van der Waals surface area contributed by atoms with Gasteiger partial charge in [-0.2, -0.15) is 5.21 Å². The Hall–Kier alpha value is -3.33. The van der Waals surface area contributed by atoms with Crippen molar-refractivity contribution < 1.29 is 9.90 Å². The fraction of sp³-hybridized carbons (Fsp3) is 0.458. The lowest BCUT2D eigenvalue weighted by molar-refractivity contribution is -0.142. The molecule has 174 valence electrons. The third-order valence-electron chi connectivity index (χ3n) is 6.43. The molecule has 0 saturated carbocycles. The monoisotopic (exact) mass is 449 g/mol. The summed E-state index contributed by atoms with van der Waals surface area (Å²) in [5.41, 5.74) is 4.34. The van der Waals surface area contributed by atoms with Gasteiger partial charge in [-0.05, 0) is 37.1 Å². The highest BCUT2D eigenvalue weighted by Gasteiger charge is 2.32. The smallest absolute Gasteiger partial charge is 0.307 e. The maximum Gasteiger partial charge on any atom is 0.307 e. The summed E-state index contributed by atoms with van der Waals surface area (Å²) in [7, 11) is 2.15. The maximum atomic E-state index is 11.9. The SMILES string of the molecule is CCC[C@H](C(=O)O)[C@H](Cc1ccc(-c2cncc(N3CCN(C)CC3)c2)cc1)c1nn[nH]n1. The van der Waals surface area contributed by atoms with Crippen LogP contribution in [-0.2, 0) is 11.2 Å². The van der Waals surface area contributed by atoms with E-state index < -0.39 is 11.9 Å². The van der Waals surface area contributed by atoms with E-state index in [1.807, 2.05) is 19.3 Å². The van der Waals surface area contributed by atoms with Crippen LogP contribution >= 0.6 is 0 Å². The van der Waals surface area contributed by atoms with Crippen molar-refractivity contribution in [2.75, 3.05) is 38.1 Å². The van der Waals surface area contributed by atoms with Crippen LogP contribution in [-0.4, -0.2) is 74.8 Å². The van der Waals surface area contributed by atoms with Crippen molar-refractivity contribution >= 4 is 11.7 Å². The molecule has 33 heavy (non-hydrogen) atoms. The molecule has 0 amide bonds. The largest absolute Gasteiger partial charge is 0.481 e. The van der Waals surface area contributed by atoms with Gasteiger partial charge in [0.05, 0.1) is 17.8 Å². The molecule has 9 heteroatoms. The number of carboxylic acids is 1. The Balaban J connectivity index is 1.52. The van der Waals surface area contributed by atoms with Crippen LogP contribution in [0, 0.1) is 5.92 Å². The lowest BCUT2D eigenvalue weighted by atomic mass is 9.83. The Bertz CT molecular complexity index is 1030. The Morgan fingerprint density at radius 1 is 1.12 bits per heavy atom. The first-order valence-corrected chi connectivity index (χ1v) is 11.5. The van der Waals surface area contributed by atoms with Gasteiger partial charge < -0.3 is 14.9 Å². The fourth-order valence-electron chi connectivity index (χ4n) is 4.46. The van der Waals surface area contributed by atoms with Gasteiger partial charge in [0.25, 0.3) is 0 Å². The topological polar surface area (TPSA) is 111 Å². The number of nitrogens with zero attached hydrogens (tertiary/aromatic N) is 6. The van der Waals surface area contributed by atoms with Crippen LogP contribution in [0.3, 0.4) is 0 Å². The first-order valence-electron chi connectivity index (χ1n) is 11.5. The number of aliphatic carboxylic acids is 1. The van der Waals surface area contributed by atoms with Crippen LogP contribution in [0.1, 0.15) is 37.1 Å². The highest BCUT2D eigenvalue weighted by atomic mass is 16.4. The molecular formula is C24H31N7O2. The van der Waals surface area contributed by atoms with Crippen molar-refractivity contribution in [3.8, 4) is 11.1 Å². The molecule has 0 aliphatic carbocycles. The van der Waals surface area contributed by atoms with Crippen molar-refractivity contribution in [3.05, 3.63) is 54.1 Å². The van der Waals surface area contributed by atoms with Crippen molar-refractivity contribution in [2.24, 2.45) is 5.92 Å². The fourth-order valence-corrected chi connectivity index (χ4v) is 4.46. The number of carboxylic acid groups (broad SMARTS) is 1. The minimum Gasteiger partial charge on any atom is -0.481 e. The lowest BCUT2D eigenvalue weighted by Crippen LogP contribution is -2.44. The summed E-state index contributed by atoms with van der Waals surface area (Å²) >= 11 is 0. The Morgan fingerprint density at radius 3 is 2.52 bits per heavy atom. The molecule has 4 rings (SSSR count). The first-order chi connectivity index (χ1) is 16.0. The quantitative estimate of drug-likeness (QED) is 0.513. The average molecular weight is 450 g/mol. The van der Waals surface area contributed by atoms with Gasteiger partial charge in [-0.1, -0.05) is 42.8 Å². The van der Waals surface area contributed by atoms with Crippen LogP contribution in [0.4, 0.5) is 5.69 Å². The van der Waals surface area contributed by atoms with E-state index in [4.69, 9.17) is 0 Å². The molecule has 1 fully saturated rings. The number of H-pyrrole nitrogens is 1. The number of rotatable bonds is 9. The molecule has 0 bridgehead atoms. The maximum absolute atomic E-state index is 11.9. The second-order valence-corrected chi connectivity index (χ2v) is 8.73. The number of hydrogen-bond donors (Lipinski definition) is 2. The minimum atomic E-state index is -0.824. The van der Waals surface area contributed by atoms with Crippen LogP contribution < -0.4 is 4.90 Å². The number of piperazine rings is 1. The molecule has 2 N–H and O–H groups in total. The molecule has 2 atom stereocenters. The molecule has 1 aliphatic rings. The number of tetrazole rings is 1. The van der Waals surface area contributed by atoms with Crippen LogP contribution in [0.2, 0.25) is 0 Å². The summed E-state index contributed by atoms with van der Waals surface area (Å²) in [6, 6.07) is 10.4. The molecule has 9 nitrogen and oxygen atoms in total. The molecule has 3 heterocycles. The summed E-state index contributed by atoms with van der Waals surface area (Å²) in [5.74, 6) is -1.27. The number of hydrogen-bond acceptors (Lipinski definition) is 7. The van der Waals surface area contributed by atoms with Gasteiger partial charge in [-0.25, -0.2) is 0 Å². The number of pyridine rings is 1. The molecule has 3 aromatic rings. The first kappa shape index (κ1) is 22.8. The molecule has 1 aliphatic heterocycles. The van der Waals surface area contributed by atoms with Crippen molar-refractivity contribution in [1.82, 2.24) is 30.5 Å². The summed E-state index contributed by atoms with van der Waals surface area (Å²) in [6.45, 7) is 6.09. The van der Waals surface area contributed by atoms with E-state index in [-0.39, 0.29) is 5.92 Å². The number of nitrogens with one attached hydrogen (secondary N) is 1. The number of aromatic amines is 1. The lowest BCUT2D eigenvalue weighted by Gasteiger charge is -2.34. The van der Waals surface area contributed by atoms with Gasteiger partial charge in [0.2, 0.25) is 0 Å². The van der Waals surface area contributed by atoms with Crippen molar-refractivity contribution in [1.29, 1.82) is 0 Å². The van der Waals surface area contributed by atoms with Crippen LogP contribution in [0.5, 0.6) is 0 Å². The zero-order valence-corrected chi connectivity index (χ0v) is 19.2. The van der Waals surface area contributed by atoms with Gasteiger partial charge in [0.1, 0.15) is 0 Å². The highest BCUT2D eigenvalue weighted by Crippen LogP contribution is 2.31. The number of carbonyl (C=O) groups is 1. The predicted octanol–water partition coefficient (Wildman–Crippen LogP) is 2.84. The van der Waals surface area contributed by atoms with Crippen LogP contribution in [0.15, 0.2) is 42.7 Å². The van der Waals surface area contributed by atoms with E-state index in [9.17, 15) is 9.90 Å². The molecule has 1 saturated heterocycles. The number of benzene rings is 1. The van der Waals surface area contributed by atoms with E-state index >= 15 is 0 Å². The number of likely N-dealkylation sites (N-methyl/N-ethyl adjacent to an activating group) is 1. The second kappa shape index (κ2) is 10.5. The van der Waals surface area contributed by atoms with E-state index in [1.54, 1.807) is 0 Å². The van der Waals surface area contributed by atoms with E-state index in [0.717, 1.165) is 55.0 Å². The molecule has 0 spiro atoms. The van der Waals surface area contributed by atoms with Gasteiger partial charge >= 0.3 is 5.97 Å². The summed E-state index contributed by atoms with van der Waals surface area (Å²) in [5, 5.41) is 24.1. The number of aromatic nitrogens is 5. The zero-order valence-electron chi connectivity index (χ0n) is 19.2. The third kappa shape index (κ3) is 5.54. The van der Waals surface area contributed by atoms with Gasteiger partial charge in [-0.3, -0.25) is 9.78 Å². The predicted molar refractivity (Wildman–Crippen MR) is 126 cm³/mol. The Labute approximate surface area is 193 Å². The minimum absolute atomic E-state index is 0.339. The number of anilines is 1. The summed E-state index contributed by atoms with van der Waals surface area (Å²) in [6.07, 6.45) is 5.70. The summed E-state index contributed by atoms with van der Waals surface area (Å²) in [4.78, 5) is 21.1. The van der Waals surface area contributed by atoms with Gasteiger partial charge in [0.15, 0.2) is 5.82 Å². The highest BCUT2D eigenvalue weighted by molar-refractivity contribution is 5.71. The van der Waals surface area contributed by atoms with Gasteiger partial charge in [-0.15, -0.1) is 10.2 Å². The zero-order chi connectivity index (χ0) is 23.2. The third-order valence-corrected chi connectivity index (χ3v) is 6.43. The van der Waals surface area contributed by atoms with E-state index in [0.29, 0.717) is 18.7 Å². The molecule has 2 aromatic heterocycles. The van der Waals surface area contributed by atoms with Gasteiger partial charge in [0, 0.05) is 43.9 Å². The molecule has 0 radical (unpaired) electrons. The van der Waals surface area contributed by atoms with Crippen molar-refractivity contribution in [2.45, 2.75) is 32.1 Å². The normalized spacial score (nSPS) is 16.5. The van der Waals surface area contributed by atoms with Crippen molar-refractivity contribution in [3.63, 3.8) is 0 Å². The molecule has 1 aromatic carbocycles. The Morgan fingerprint density at radius 2 is 1.88 bits per heavy atom. The summed E-state index contributed by atoms with van der Waals surface area (Å²) < 4.78 is 0. The molecule has 0 unspecified atom stereocenters. The average Bonchev–Trinajstić information content (AvgIpc) is 3.37. The van der Waals surface area contributed by atoms with Crippen LogP contribution in [0.25, 0.3) is 11.1 Å².